The zero-order chi connectivity index (χ0) is 23.2. The van der Waals surface area contributed by atoms with Crippen molar-refractivity contribution in [3.63, 3.8) is 0 Å². The average Bonchev–Trinajstić information content (AvgIpc) is 2.90. The molecule has 12 atom stereocenters. The quantitative estimate of drug-likeness (QED) is 0.640. The Balaban J connectivity index is 1.51. The normalized spacial score (nSPS) is 55.6. The van der Waals surface area contributed by atoms with Crippen molar-refractivity contribution in [2.75, 3.05) is 0 Å². The summed E-state index contributed by atoms with van der Waals surface area (Å²) in [6.45, 7) is 10.8. The minimum absolute atomic E-state index is 0.0265. The third-order valence-electron chi connectivity index (χ3n) is 10.8. The molecule has 1 heterocycles. The molecule has 0 spiro atoms. The number of ketones is 2. The Morgan fingerprint density at radius 2 is 1.72 bits per heavy atom. The van der Waals surface area contributed by atoms with Crippen molar-refractivity contribution in [3.8, 4) is 0 Å². The Morgan fingerprint density at radius 1 is 1.00 bits per heavy atom. The number of carbonyl (C=O) groups excluding carboxylic acids is 2. The predicted octanol–water partition coefficient (Wildman–Crippen LogP) is 3.78. The lowest BCUT2D eigenvalue weighted by atomic mass is 9.43. The van der Waals surface area contributed by atoms with Gasteiger partial charge in [-0.3, -0.25) is 9.59 Å². The minimum atomic E-state index is -0.442. The van der Waals surface area contributed by atoms with Crippen molar-refractivity contribution in [2.24, 2.45) is 52.3 Å². The van der Waals surface area contributed by atoms with Crippen molar-refractivity contribution in [2.45, 2.75) is 104 Å². The van der Waals surface area contributed by atoms with Gasteiger partial charge in [0.25, 0.3) is 0 Å². The second-order valence-electron chi connectivity index (χ2n) is 13.0. The Kier molecular flexibility index (Phi) is 5.47. The van der Waals surface area contributed by atoms with E-state index in [0.717, 1.165) is 25.7 Å². The highest BCUT2D eigenvalue weighted by Gasteiger charge is 2.67. The molecule has 0 aromatic heterocycles. The molecule has 0 radical (unpaired) electrons. The average molecular weight is 447 g/mol. The van der Waals surface area contributed by atoms with Gasteiger partial charge in [-0.25, -0.2) is 0 Å². The summed E-state index contributed by atoms with van der Waals surface area (Å²) in [4.78, 5) is 26.3. The van der Waals surface area contributed by atoms with Gasteiger partial charge in [0.15, 0.2) is 5.78 Å². The lowest BCUT2D eigenvalue weighted by molar-refractivity contribution is -0.185. The maximum atomic E-state index is 13.4. The minimum Gasteiger partial charge on any atom is -0.393 e. The SMILES string of the molecule is CC(C)[C@H]1O[C@H]2C[C@@H]3[C@@H]4CC(=O)[C@@H]5C[C@@H](O)CC[C@]5(C)[C@H]4[C@H](O)C[C@]3(C)[C@@H]2[C@H](C)CC1=O. The van der Waals surface area contributed by atoms with Crippen molar-refractivity contribution in [1.82, 2.24) is 0 Å². The monoisotopic (exact) mass is 446 g/mol. The van der Waals surface area contributed by atoms with E-state index in [1.807, 2.05) is 0 Å². The number of ether oxygens (including phenoxy) is 1. The molecule has 5 nitrogen and oxygen atoms in total. The molecule has 0 amide bonds. The van der Waals surface area contributed by atoms with Gasteiger partial charge in [-0.1, -0.05) is 34.6 Å². The van der Waals surface area contributed by atoms with Gasteiger partial charge in [-0.05, 0) is 78.4 Å². The van der Waals surface area contributed by atoms with Gasteiger partial charge in [0.2, 0.25) is 0 Å². The molecule has 1 aliphatic heterocycles. The Bertz CT molecular complexity index is 793. The lowest BCUT2D eigenvalue weighted by Crippen LogP contribution is -2.61. The Hall–Kier alpha value is -0.780. The van der Waals surface area contributed by atoms with E-state index in [2.05, 4.69) is 34.6 Å². The molecule has 0 unspecified atom stereocenters. The van der Waals surface area contributed by atoms with Crippen molar-refractivity contribution < 1.29 is 24.5 Å². The maximum Gasteiger partial charge on any atom is 0.162 e. The summed E-state index contributed by atoms with van der Waals surface area (Å²) in [6, 6.07) is 0. The van der Waals surface area contributed by atoms with Crippen molar-refractivity contribution in [3.05, 3.63) is 0 Å². The van der Waals surface area contributed by atoms with E-state index >= 15 is 0 Å². The number of fused-ring (bicyclic) bond motifs is 7. The largest absolute Gasteiger partial charge is 0.393 e. The standard InChI is InChI=1S/C27H42O5/c1-13(2)25-20(30)8-14(3)23-22(32-25)11-17-16-10-19(29)18-9-15(28)6-7-26(18,4)24(16)21(31)12-27(17,23)5/h13-18,21-25,28,31H,6-12H2,1-5H3/t14-,15+,16+,17-,18+,21-,22+,23-,24-,25-,26+,27+/m1/s1. The van der Waals surface area contributed by atoms with Crippen LogP contribution in [-0.4, -0.2) is 46.2 Å². The van der Waals surface area contributed by atoms with Crippen LogP contribution in [0.25, 0.3) is 0 Å². The fourth-order valence-electron chi connectivity index (χ4n) is 9.69. The van der Waals surface area contributed by atoms with Crippen LogP contribution < -0.4 is 0 Å². The molecule has 5 fully saturated rings. The van der Waals surface area contributed by atoms with Crippen LogP contribution in [0.2, 0.25) is 0 Å². The highest BCUT2D eigenvalue weighted by Crippen LogP contribution is 2.68. The molecule has 2 N–H and O–H groups in total. The fourth-order valence-corrected chi connectivity index (χ4v) is 9.69. The molecule has 32 heavy (non-hydrogen) atoms. The zero-order valence-corrected chi connectivity index (χ0v) is 20.4. The first-order chi connectivity index (χ1) is 15.0. The van der Waals surface area contributed by atoms with E-state index < -0.39 is 12.2 Å². The molecule has 5 rings (SSSR count). The summed E-state index contributed by atoms with van der Waals surface area (Å²) < 4.78 is 6.58. The third kappa shape index (κ3) is 3.13. The van der Waals surface area contributed by atoms with Gasteiger partial charge in [0, 0.05) is 18.8 Å². The molecule has 5 heteroatoms. The van der Waals surface area contributed by atoms with E-state index in [-0.39, 0.29) is 64.3 Å². The van der Waals surface area contributed by atoms with Gasteiger partial charge < -0.3 is 14.9 Å². The molecular formula is C27H42O5. The van der Waals surface area contributed by atoms with Gasteiger partial charge in [-0.2, -0.15) is 0 Å². The van der Waals surface area contributed by atoms with E-state index in [0.29, 0.717) is 31.0 Å². The van der Waals surface area contributed by atoms with Gasteiger partial charge in [0.05, 0.1) is 18.3 Å². The van der Waals surface area contributed by atoms with Crippen LogP contribution in [-0.2, 0) is 14.3 Å². The first-order valence-corrected chi connectivity index (χ1v) is 13.0. The van der Waals surface area contributed by atoms with E-state index in [1.165, 1.54) is 0 Å². The predicted molar refractivity (Wildman–Crippen MR) is 121 cm³/mol. The molecule has 4 aliphatic carbocycles. The molecule has 0 aromatic rings. The van der Waals surface area contributed by atoms with Gasteiger partial charge >= 0.3 is 0 Å². The zero-order valence-electron chi connectivity index (χ0n) is 20.4. The Morgan fingerprint density at radius 3 is 2.41 bits per heavy atom. The summed E-state index contributed by atoms with van der Waals surface area (Å²) in [7, 11) is 0. The maximum absolute atomic E-state index is 13.4. The summed E-state index contributed by atoms with van der Waals surface area (Å²) in [5.74, 6) is 1.62. The van der Waals surface area contributed by atoms with Crippen LogP contribution in [0.5, 0.6) is 0 Å². The van der Waals surface area contributed by atoms with Crippen LogP contribution >= 0.6 is 0 Å². The first kappa shape index (κ1) is 23.0. The number of rotatable bonds is 1. The van der Waals surface area contributed by atoms with Crippen LogP contribution in [0, 0.1) is 52.3 Å². The molecule has 1 saturated heterocycles. The summed E-state index contributed by atoms with van der Waals surface area (Å²) in [5.41, 5.74) is -0.345. The number of Topliss-reactive ketones (excluding diaryl/α,β-unsaturated/α-hetero) is 2. The topological polar surface area (TPSA) is 83.8 Å². The third-order valence-corrected chi connectivity index (χ3v) is 10.8. The smallest absolute Gasteiger partial charge is 0.162 e. The van der Waals surface area contributed by atoms with Crippen LogP contribution in [0.3, 0.4) is 0 Å². The van der Waals surface area contributed by atoms with E-state index in [1.54, 1.807) is 0 Å². The fraction of sp³-hybridized carbons (Fsp3) is 0.926. The van der Waals surface area contributed by atoms with Crippen molar-refractivity contribution >= 4 is 11.6 Å². The highest BCUT2D eigenvalue weighted by atomic mass is 16.5. The Labute approximate surface area is 192 Å². The summed E-state index contributed by atoms with van der Waals surface area (Å²) >= 11 is 0. The highest BCUT2D eigenvalue weighted by molar-refractivity contribution is 5.84. The molecular weight excluding hydrogens is 404 g/mol. The van der Waals surface area contributed by atoms with Gasteiger partial charge in [-0.15, -0.1) is 0 Å². The number of hydrogen-bond acceptors (Lipinski definition) is 5. The number of aliphatic hydroxyl groups excluding tert-OH is 2. The molecule has 0 bridgehead atoms. The van der Waals surface area contributed by atoms with Crippen LogP contribution in [0.1, 0.15) is 79.6 Å². The molecule has 4 saturated carbocycles. The lowest BCUT2D eigenvalue weighted by Gasteiger charge is -2.61. The number of aliphatic hydroxyl groups is 2. The second kappa shape index (κ2) is 7.61. The summed E-state index contributed by atoms with van der Waals surface area (Å²) in [6.07, 6.45) is 3.64. The van der Waals surface area contributed by atoms with E-state index in [9.17, 15) is 19.8 Å². The van der Waals surface area contributed by atoms with E-state index in [4.69, 9.17) is 4.74 Å². The van der Waals surface area contributed by atoms with Crippen LogP contribution in [0.4, 0.5) is 0 Å². The van der Waals surface area contributed by atoms with Crippen molar-refractivity contribution in [1.29, 1.82) is 0 Å². The molecule has 180 valence electrons. The summed E-state index contributed by atoms with van der Waals surface area (Å²) in [5, 5.41) is 21.9. The second-order valence-corrected chi connectivity index (χ2v) is 13.0. The molecule has 5 aliphatic rings. The molecule has 0 aromatic carbocycles. The first-order valence-electron chi connectivity index (χ1n) is 13.0. The number of carbonyl (C=O) groups is 2. The number of hydrogen-bond donors (Lipinski definition) is 2. The van der Waals surface area contributed by atoms with Gasteiger partial charge in [0.1, 0.15) is 11.9 Å². The van der Waals surface area contributed by atoms with Crippen LogP contribution in [0.15, 0.2) is 0 Å².